The van der Waals surface area contributed by atoms with Crippen molar-refractivity contribution in [1.29, 1.82) is 0 Å². The zero-order valence-corrected chi connectivity index (χ0v) is 14.9. The highest BCUT2D eigenvalue weighted by molar-refractivity contribution is 9.10. The molecule has 1 N–H and O–H groups in total. The number of ketones is 1. The maximum atomic E-state index is 13.4. The first-order chi connectivity index (χ1) is 12.6. The van der Waals surface area contributed by atoms with Gasteiger partial charge in [0.1, 0.15) is 17.2 Å². The maximum absolute atomic E-state index is 13.4. The maximum Gasteiger partial charge on any atom is 0.170 e. The van der Waals surface area contributed by atoms with Gasteiger partial charge in [0.2, 0.25) is 0 Å². The Morgan fingerprint density at radius 2 is 2.12 bits per heavy atom. The molecular weight excluding hydrogens is 407 g/mol. The zero-order chi connectivity index (χ0) is 18.5. The lowest BCUT2D eigenvalue weighted by Gasteiger charge is -2.04. The Morgan fingerprint density at radius 1 is 1.27 bits per heavy atom. The van der Waals surface area contributed by atoms with Gasteiger partial charge >= 0.3 is 0 Å². The van der Waals surface area contributed by atoms with Crippen molar-refractivity contribution in [2.75, 3.05) is 0 Å². The highest BCUT2D eigenvalue weighted by Crippen LogP contribution is 2.19. The van der Waals surface area contributed by atoms with Crippen LogP contribution in [0, 0.1) is 5.82 Å². The van der Waals surface area contributed by atoms with E-state index in [2.05, 4.69) is 36.4 Å². The average Bonchev–Trinajstić information content (AvgIpc) is 3.11. The highest BCUT2D eigenvalue weighted by atomic mass is 79.9. The number of pyridine rings is 1. The van der Waals surface area contributed by atoms with E-state index < -0.39 is 5.82 Å². The molecule has 0 spiro atoms. The molecule has 26 heavy (non-hydrogen) atoms. The lowest BCUT2D eigenvalue weighted by Crippen LogP contribution is -2.12. The molecule has 0 saturated heterocycles. The van der Waals surface area contributed by atoms with Gasteiger partial charge in [-0.05, 0) is 50.9 Å². The quantitative estimate of drug-likeness (QED) is 0.285. The fraction of sp³-hybridized carbons (Fsp3) is 0.118. The van der Waals surface area contributed by atoms with E-state index in [1.165, 1.54) is 12.3 Å². The van der Waals surface area contributed by atoms with E-state index in [0.717, 1.165) is 0 Å². The van der Waals surface area contributed by atoms with Gasteiger partial charge in [-0.15, -0.1) is 0 Å². The van der Waals surface area contributed by atoms with Crippen molar-refractivity contribution in [3.05, 3.63) is 75.5 Å². The summed E-state index contributed by atoms with van der Waals surface area (Å²) in [6.45, 7) is 0. The molecular formula is C17H12BrFN4O3. The minimum atomic E-state index is -0.401. The first kappa shape index (κ1) is 17.9. The number of hydrogen-bond donors (Lipinski definition) is 1. The fourth-order valence-electron chi connectivity index (χ4n) is 2.33. The molecule has 2 heterocycles. The monoisotopic (exact) mass is 418 g/mol. The van der Waals surface area contributed by atoms with Gasteiger partial charge in [0.25, 0.3) is 0 Å². The molecule has 3 rings (SSSR count). The third kappa shape index (κ3) is 3.99. The van der Waals surface area contributed by atoms with Gasteiger partial charge < -0.3 is 5.21 Å². The van der Waals surface area contributed by atoms with Crippen molar-refractivity contribution in [2.24, 2.45) is 5.16 Å². The van der Waals surface area contributed by atoms with Crippen molar-refractivity contribution in [2.45, 2.75) is 12.8 Å². The van der Waals surface area contributed by atoms with Crippen LogP contribution in [-0.2, 0) is 12.8 Å². The summed E-state index contributed by atoms with van der Waals surface area (Å²) in [5, 5.41) is 20.1. The molecule has 0 unspecified atom stereocenters. The number of rotatable bonds is 6. The minimum absolute atomic E-state index is 0.0866. The summed E-state index contributed by atoms with van der Waals surface area (Å²) in [4.78, 5) is 16.2. The van der Waals surface area contributed by atoms with Crippen molar-refractivity contribution < 1.29 is 19.0 Å². The molecule has 0 amide bonds. The Balaban J connectivity index is 1.81. The summed E-state index contributed by atoms with van der Waals surface area (Å²) in [5.41, 5.74) is 1.67. The van der Waals surface area contributed by atoms with E-state index in [1.54, 1.807) is 30.5 Å². The summed E-state index contributed by atoms with van der Waals surface area (Å²) >= 11 is 3.11. The van der Waals surface area contributed by atoms with Crippen LogP contribution in [0.25, 0.3) is 0 Å². The Kier molecular flexibility index (Phi) is 5.47. The van der Waals surface area contributed by atoms with E-state index in [1.807, 2.05) is 0 Å². The molecule has 9 heteroatoms. The van der Waals surface area contributed by atoms with Crippen LogP contribution in [0.4, 0.5) is 4.39 Å². The molecule has 0 bridgehead atoms. The van der Waals surface area contributed by atoms with Gasteiger partial charge in [0.15, 0.2) is 11.5 Å². The molecule has 0 radical (unpaired) electrons. The summed E-state index contributed by atoms with van der Waals surface area (Å²) in [7, 11) is 0. The number of benzene rings is 1. The van der Waals surface area contributed by atoms with Gasteiger partial charge in [-0.3, -0.25) is 9.78 Å². The molecule has 2 aromatic heterocycles. The molecule has 0 aliphatic carbocycles. The van der Waals surface area contributed by atoms with Crippen molar-refractivity contribution in [3.8, 4) is 0 Å². The van der Waals surface area contributed by atoms with Gasteiger partial charge in [0, 0.05) is 24.4 Å². The minimum Gasteiger partial charge on any atom is -0.411 e. The summed E-state index contributed by atoms with van der Waals surface area (Å²) in [6, 6.07) is 7.71. The summed E-state index contributed by atoms with van der Waals surface area (Å²) < 4.78 is 18.4. The van der Waals surface area contributed by atoms with E-state index >= 15 is 0 Å². The van der Waals surface area contributed by atoms with E-state index in [-0.39, 0.29) is 40.2 Å². The second-order valence-electron chi connectivity index (χ2n) is 5.37. The zero-order valence-electron chi connectivity index (χ0n) is 13.3. The smallest absolute Gasteiger partial charge is 0.170 e. The number of Topliss-reactive ketones (excluding diaryl/α,β-unsaturated/α-hetero) is 1. The molecule has 0 fully saturated rings. The number of halogens is 2. The number of aromatic nitrogens is 3. The second kappa shape index (κ2) is 7.96. The fourth-order valence-corrected chi connectivity index (χ4v) is 2.76. The van der Waals surface area contributed by atoms with Gasteiger partial charge in [-0.2, -0.15) is 0 Å². The van der Waals surface area contributed by atoms with Crippen molar-refractivity contribution in [1.82, 2.24) is 15.3 Å². The van der Waals surface area contributed by atoms with Crippen LogP contribution in [0.15, 0.2) is 57.0 Å². The Morgan fingerprint density at radius 3 is 2.81 bits per heavy atom. The molecule has 1 aromatic carbocycles. The normalized spacial score (nSPS) is 11.5. The molecule has 7 nitrogen and oxygen atoms in total. The summed E-state index contributed by atoms with van der Waals surface area (Å²) in [6.07, 6.45) is 3.08. The van der Waals surface area contributed by atoms with Gasteiger partial charge in [0.05, 0.1) is 10.9 Å². The number of carbonyl (C=O) groups is 1. The molecule has 0 aliphatic rings. The number of oxime groups is 1. The molecule has 0 saturated carbocycles. The predicted octanol–water partition coefficient (Wildman–Crippen LogP) is 3.21. The molecule has 0 aliphatic heterocycles. The summed E-state index contributed by atoms with van der Waals surface area (Å²) in [5.74, 6) is -0.626. The van der Waals surface area contributed by atoms with Crippen LogP contribution in [-0.4, -0.2) is 32.0 Å². The third-order valence-corrected chi connectivity index (χ3v) is 4.23. The van der Waals surface area contributed by atoms with E-state index in [9.17, 15) is 14.4 Å². The Labute approximate surface area is 155 Å². The lowest BCUT2D eigenvalue weighted by atomic mass is 10.0. The third-order valence-electron chi connectivity index (χ3n) is 3.62. The number of nitrogens with zero attached hydrogens (tertiary/aromatic N) is 4. The van der Waals surface area contributed by atoms with Crippen molar-refractivity contribution in [3.63, 3.8) is 0 Å². The van der Waals surface area contributed by atoms with Gasteiger partial charge in [-0.25, -0.2) is 9.02 Å². The van der Waals surface area contributed by atoms with E-state index in [4.69, 9.17) is 4.63 Å². The topological polar surface area (TPSA) is 101 Å². The lowest BCUT2D eigenvalue weighted by molar-refractivity contribution is 0.0990. The largest absolute Gasteiger partial charge is 0.411 e. The van der Waals surface area contributed by atoms with Crippen LogP contribution >= 0.6 is 15.9 Å². The second-order valence-corrected chi connectivity index (χ2v) is 6.23. The van der Waals surface area contributed by atoms with Crippen molar-refractivity contribution >= 4 is 27.4 Å². The van der Waals surface area contributed by atoms with Crippen LogP contribution in [0.1, 0.15) is 27.3 Å². The molecule has 0 atom stereocenters. The number of hydrogen-bond acceptors (Lipinski definition) is 7. The SMILES string of the molecule is O=C(Cc1nonc1/C(Cc1ccc(F)c(Br)c1)=N/O)c1cccnc1. The van der Waals surface area contributed by atoms with E-state index in [0.29, 0.717) is 11.1 Å². The Hall–Kier alpha value is -2.94. The van der Waals surface area contributed by atoms with Gasteiger partial charge in [-0.1, -0.05) is 16.4 Å². The standard InChI is InChI=1S/C17H12BrFN4O3/c18-12-6-10(3-4-13(12)19)7-14(21-25)17-15(22-26-23-17)8-16(24)11-2-1-5-20-9-11/h1-6,9,25H,7-8H2/b21-14+. The first-order valence-corrected chi connectivity index (χ1v) is 8.27. The molecule has 132 valence electrons. The molecule has 3 aromatic rings. The Bertz CT molecular complexity index is 960. The van der Waals surface area contributed by atoms with Crippen LogP contribution in [0.5, 0.6) is 0 Å². The highest BCUT2D eigenvalue weighted by Gasteiger charge is 2.21. The predicted molar refractivity (Wildman–Crippen MR) is 92.7 cm³/mol. The first-order valence-electron chi connectivity index (χ1n) is 7.48. The number of carbonyl (C=O) groups excluding carboxylic acids is 1. The van der Waals surface area contributed by atoms with Crippen LogP contribution in [0.3, 0.4) is 0 Å². The van der Waals surface area contributed by atoms with Crippen LogP contribution in [0.2, 0.25) is 0 Å². The average molecular weight is 419 g/mol. The van der Waals surface area contributed by atoms with Crippen LogP contribution < -0.4 is 0 Å².